The standard InChI is InChI=1S/C22H24N4O4S/c1-31(29,30)18-11-9-17(10-12-18)21-25-14-19(22(28)26(21)15-20(23)27)24-13-5-8-16-6-3-2-4-7-16/h2-4,6-7,9-12,14,24H,5,8,13,15H2,1H3,(H2,23,27). The van der Waals surface area contributed by atoms with Crippen molar-refractivity contribution in [2.24, 2.45) is 5.73 Å². The van der Waals surface area contributed by atoms with E-state index < -0.39 is 21.3 Å². The van der Waals surface area contributed by atoms with E-state index in [-0.39, 0.29) is 23.0 Å². The predicted molar refractivity (Wildman–Crippen MR) is 119 cm³/mol. The average Bonchev–Trinajstić information content (AvgIpc) is 2.73. The number of carbonyl (C=O) groups excluding carboxylic acids is 1. The first-order valence-electron chi connectivity index (χ1n) is 9.72. The highest BCUT2D eigenvalue weighted by atomic mass is 32.2. The average molecular weight is 441 g/mol. The summed E-state index contributed by atoms with van der Waals surface area (Å²) < 4.78 is 24.5. The van der Waals surface area contributed by atoms with Gasteiger partial charge in [-0.3, -0.25) is 14.2 Å². The van der Waals surface area contributed by atoms with Gasteiger partial charge < -0.3 is 11.1 Å². The Hall–Kier alpha value is -3.46. The van der Waals surface area contributed by atoms with E-state index in [1.54, 1.807) is 12.1 Å². The quantitative estimate of drug-likeness (QED) is 0.489. The summed E-state index contributed by atoms with van der Waals surface area (Å²) in [4.78, 5) is 29.0. The summed E-state index contributed by atoms with van der Waals surface area (Å²) in [5, 5.41) is 3.08. The number of aromatic nitrogens is 2. The topological polar surface area (TPSA) is 124 Å². The molecule has 1 amide bonds. The Morgan fingerprint density at radius 3 is 2.39 bits per heavy atom. The zero-order valence-corrected chi connectivity index (χ0v) is 17.9. The number of primary amides is 1. The summed E-state index contributed by atoms with van der Waals surface area (Å²) in [6.45, 7) is 0.222. The van der Waals surface area contributed by atoms with Crippen molar-refractivity contribution in [3.8, 4) is 11.4 Å². The van der Waals surface area contributed by atoms with Crippen LogP contribution in [0.3, 0.4) is 0 Å². The number of amides is 1. The first-order valence-corrected chi connectivity index (χ1v) is 11.6. The Morgan fingerprint density at radius 1 is 1.10 bits per heavy atom. The number of sulfone groups is 1. The molecule has 0 aliphatic heterocycles. The normalized spacial score (nSPS) is 11.3. The molecule has 0 fully saturated rings. The van der Waals surface area contributed by atoms with Gasteiger partial charge in [-0.25, -0.2) is 13.4 Å². The molecular formula is C22H24N4O4S. The third-order valence-electron chi connectivity index (χ3n) is 4.70. The van der Waals surface area contributed by atoms with Gasteiger partial charge in [-0.2, -0.15) is 0 Å². The van der Waals surface area contributed by atoms with Crippen LogP contribution in [0.2, 0.25) is 0 Å². The van der Waals surface area contributed by atoms with Gasteiger partial charge >= 0.3 is 0 Å². The molecule has 1 heterocycles. The Bertz CT molecular complexity index is 1220. The maximum atomic E-state index is 12.9. The third kappa shape index (κ3) is 5.79. The van der Waals surface area contributed by atoms with E-state index in [9.17, 15) is 18.0 Å². The maximum absolute atomic E-state index is 12.9. The van der Waals surface area contributed by atoms with Crippen LogP contribution in [0.15, 0.2) is 70.5 Å². The third-order valence-corrected chi connectivity index (χ3v) is 5.83. The lowest BCUT2D eigenvalue weighted by Crippen LogP contribution is -2.31. The SMILES string of the molecule is CS(=O)(=O)c1ccc(-c2ncc(NCCCc3ccccc3)c(=O)n2CC(N)=O)cc1. The van der Waals surface area contributed by atoms with Crippen LogP contribution in [0.25, 0.3) is 11.4 Å². The van der Waals surface area contributed by atoms with E-state index in [1.165, 1.54) is 28.5 Å². The van der Waals surface area contributed by atoms with Crippen LogP contribution in [-0.4, -0.2) is 36.7 Å². The molecule has 31 heavy (non-hydrogen) atoms. The summed E-state index contributed by atoms with van der Waals surface area (Å²) in [7, 11) is -3.35. The van der Waals surface area contributed by atoms with Gasteiger partial charge in [0.2, 0.25) is 5.91 Å². The number of nitrogens with one attached hydrogen (secondary N) is 1. The van der Waals surface area contributed by atoms with E-state index in [4.69, 9.17) is 5.73 Å². The zero-order chi connectivity index (χ0) is 22.4. The van der Waals surface area contributed by atoms with Gasteiger partial charge in [-0.15, -0.1) is 0 Å². The van der Waals surface area contributed by atoms with Gasteiger partial charge in [0.15, 0.2) is 9.84 Å². The molecule has 0 radical (unpaired) electrons. The summed E-state index contributed by atoms with van der Waals surface area (Å²) in [6, 6.07) is 16.0. The molecule has 2 aromatic carbocycles. The van der Waals surface area contributed by atoms with Crippen molar-refractivity contribution >= 4 is 21.4 Å². The number of aryl methyl sites for hydroxylation is 1. The van der Waals surface area contributed by atoms with Crippen LogP contribution in [0, 0.1) is 0 Å². The molecule has 0 atom stereocenters. The van der Waals surface area contributed by atoms with Gasteiger partial charge in [0.05, 0.1) is 11.1 Å². The number of nitrogens with zero attached hydrogens (tertiary/aromatic N) is 2. The Balaban J connectivity index is 1.82. The maximum Gasteiger partial charge on any atom is 0.277 e. The van der Waals surface area contributed by atoms with E-state index in [0.717, 1.165) is 19.1 Å². The fourth-order valence-electron chi connectivity index (χ4n) is 3.16. The van der Waals surface area contributed by atoms with Crippen LogP contribution < -0.4 is 16.6 Å². The molecule has 8 nitrogen and oxygen atoms in total. The molecule has 3 N–H and O–H groups in total. The van der Waals surface area contributed by atoms with Crippen molar-refractivity contribution in [3.05, 3.63) is 76.7 Å². The number of anilines is 1. The molecule has 1 aromatic heterocycles. The Kier molecular flexibility index (Phi) is 6.86. The number of hydrogen-bond acceptors (Lipinski definition) is 6. The highest BCUT2D eigenvalue weighted by Crippen LogP contribution is 2.19. The fourth-order valence-corrected chi connectivity index (χ4v) is 3.79. The lowest BCUT2D eigenvalue weighted by atomic mass is 10.1. The molecule has 0 spiro atoms. The lowest BCUT2D eigenvalue weighted by Gasteiger charge is -2.14. The second-order valence-electron chi connectivity index (χ2n) is 7.17. The van der Waals surface area contributed by atoms with E-state index >= 15 is 0 Å². The van der Waals surface area contributed by atoms with Crippen molar-refractivity contribution in [2.45, 2.75) is 24.3 Å². The molecule has 0 bridgehead atoms. The van der Waals surface area contributed by atoms with Crippen LogP contribution in [0.1, 0.15) is 12.0 Å². The predicted octanol–water partition coefficient (Wildman–Crippen LogP) is 1.84. The van der Waals surface area contributed by atoms with Gasteiger partial charge in [-0.05, 0) is 42.7 Å². The number of benzene rings is 2. The molecule has 3 rings (SSSR count). The highest BCUT2D eigenvalue weighted by Gasteiger charge is 2.15. The summed E-state index contributed by atoms with van der Waals surface area (Å²) >= 11 is 0. The van der Waals surface area contributed by atoms with Crippen LogP contribution in [-0.2, 0) is 27.6 Å². The molecule has 0 saturated heterocycles. The van der Waals surface area contributed by atoms with Crippen molar-refractivity contribution < 1.29 is 13.2 Å². The molecule has 0 unspecified atom stereocenters. The molecule has 162 valence electrons. The summed E-state index contributed by atoms with van der Waals surface area (Å²) in [5.41, 5.74) is 6.89. The van der Waals surface area contributed by atoms with Gasteiger partial charge in [0.25, 0.3) is 5.56 Å². The molecule has 9 heteroatoms. The molecule has 0 saturated carbocycles. The van der Waals surface area contributed by atoms with E-state index in [2.05, 4.69) is 10.3 Å². The molecule has 3 aromatic rings. The fraction of sp³-hybridized carbons (Fsp3) is 0.227. The van der Waals surface area contributed by atoms with E-state index in [0.29, 0.717) is 12.1 Å². The number of rotatable bonds is 9. The van der Waals surface area contributed by atoms with Gasteiger partial charge in [0.1, 0.15) is 18.1 Å². The first kappa shape index (κ1) is 22.2. The van der Waals surface area contributed by atoms with Crippen LogP contribution >= 0.6 is 0 Å². The Labute approximate surface area is 180 Å². The largest absolute Gasteiger partial charge is 0.379 e. The summed E-state index contributed by atoms with van der Waals surface area (Å²) in [6.07, 6.45) is 4.21. The van der Waals surface area contributed by atoms with Crippen LogP contribution in [0.5, 0.6) is 0 Å². The smallest absolute Gasteiger partial charge is 0.277 e. The highest BCUT2D eigenvalue weighted by molar-refractivity contribution is 7.90. The number of nitrogens with two attached hydrogens (primary N) is 1. The van der Waals surface area contributed by atoms with Gasteiger partial charge in [-0.1, -0.05) is 30.3 Å². The Morgan fingerprint density at radius 2 is 1.77 bits per heavy atom. The second kappa shape index (κ2) is 9.57. The number of hydrogen-bond donors (Lipinski definition) is 2. The van der Waals surface area contributed by atoms with E-state index in [1.807, 2.05) is 30.3 Å². The molecule has 0 aliphatic rings. The minimum atomic E-state index is -3.35. The molecular weight excluding hydrogens is 416 g/mol. The zero-order valence-electron chi connectivity index (χ0n) is 17.1. The van der Waals surface area contributed by atoms with Gasteiger partial charge in [0, 0.05) is 18.4 Å². The van der Waals surface area contributed by atoms with Crippen molar-refractivity contribution in [1.82, 2.24) is 9.55 Å². The summed E-state index contributed by atoms with van der Waals surface area (Å²) in [5.74, 6) is -0.446. The van der Waals surface area contributed by atoms with Crippen LogP contribution in [0.4, 0.5) is 5.69 Å². The monoisotopic (exact) mass is 440 g/mol. The minimum absolute atomic E-state index is 0.150. The van der Waals surface area contributed by atoms with Crippen molar-refractivity contribution in [1.29, 1.82) is 0 Å². The first-order chi connectivity index (χ1) is 14.8. The second-order valence-corrected chi connectivity index (χ2v) is 9.18. The minimum Gasteiger partial charge on any atom is -0.379 e. The lowest BCUT2D eigenvalue weighted by molar-refractivity contribution is -0.118. The van der Waals surface area contributed by atoms with Crippen molar-refractivity contribution in [2.75, 3.05) is 18.1 Å². The van der Waals surface area contributed by atoms with Crippen molar-refractivity contribution in [3.63, 3.8) is 0 Å². The molecule has 0 aliphatic carbocycles. The number of carbonyl (C=O) groups is 1.